The minimum atomic E-state index is -5.30. The molecule has 1 rings (SSSR count). The molecule has 0 aliphatic carbocycles. The Morgan fingerprint density at radius 1 is 1.00 bits per heavy atom. The summed E-state index contributed by atoms with van der Waals surface area (Å²) in [6.07, 6.45) is -10.5. The molecule has 0 saturated heterocycles. The second-order valence-electron chi connectivity index (χ2n) is 3.18. The molecule has 0 bridgehead atoms. The molecule has 0 unspecified atom stereocenters. The predicted octanol–water partition coefficient (Wildman–Crippen LogP) is 4.18. The van der Waals surface area contributed by atoms with Crippen LogP contribution in [-0.4, -0.2) is 11.1 Å². The number of rotatable bonds is 1. The summed E-state index contributed by atoms with van der Waals surface area (Å²) in [5, 5.41) is 8.57. The molecule has 0 saturated carbocycles. The Morgan fingerprint density at radius 2 is 1.39 bits per heavy atom. The van der Waals surface area contributed by atoms with Crippen molar-refractivity contribution >= 4 is 21.9 Å². The SMILES string of the molecule is O=C(O)c1cc(C(F)(F)F)c(C(F)(F)F)cc1Br. The van der Waals surface area contributed by atoms with E-state index in [4.69, 9.17) is 5.11 Å². The van der Waals surface area contributed by atoms with Crippen molar-refractivity contribution in [1.82, 2.24) is 0 Å². The number of carboxylic acids is 1. The van der Waals surface area contributed by atoms with Gasteiger partial charge >= 0.3 is 18.3 Å². The van der Waals surface area contributed by atoms with Crippen LogP contribution in [0.25, 0.3) is 0 Å². The first-order valence-corrected chi connectivity index (χ1v) is 4.95. The van der Waals surface area contributed by atoms with E-state index >= 15 is 0 Å². The fourth-order valence-electron chi connectivity index (χ4n) is 1.21. The van der Waals surface area contributed by atoms with Crippen molar-refractivity contribution in [3.63, 3.8) is 0 Å². The molecule has 0 spiro atoms. The van der Waals surface area contributed by atoms with Gasteiger partial charge in [0, 0.05) is 4.47 Å². The van der Waals surface area contributed by atoms with E-state index < -0.39 is 39.5 Å². The van der Waals surface area contributed by atoms with Crippen LogP contribution in [0.2, 0.25) is 0 Å². The van der Waals surface area contributed by atoms with Gasteiger partial charge in [-0.3, -0.25) is 0 Å². The third kappa shape index (κ3) is 2.95. The van der Waals surface area contributed by atoms with E-state index in [-0.39, 0.29) is 12.1 Å². The molecule has 0 radical (unpaired) electrons. The average Bonchev–Trinajstić information content (AvgIpc) is 2.13. The summed E-state index contributed by atoms with van der Waals surface area (Å²) in [5.41, 5.74) is -4.86. The minimum absolute atomic E-state index is 0.0464. The van der Waals surface area contributed by atoms with Crippen LogP contribution in [0.5, 0.6) is 0 Å². The molecule has 0 aliphatic rings. The van der Waals surface area contributed by atoms with Crippen LogP contribution in [-0.2, 0) is 12.4 Å². The summed E-state index contributed by atoms with van der Waals surface area (Å²) in [5.74, 6) is -1.76. The molecule has 0 aromatic heterocycles. The van der Waals surface area contributed by atoms with E-state index in [9.17, 15) is 31.1 Å². The average molecular weight is 337 g/mol. The standard InChI is InChI=1S/C9H3BrF6O2/c10-6-2-5(9(14,15)16)4(8(11,12)13)1-3(6)7(17)18/h1-2H,(H,17,18). The van der Waals surface area contributed by atoms with Crippen molar-refractivity contribution in [2.75, 3.05) is 0 Å². The quantitative estimate of drug-likeness (QED) is 0.781. The molecule has 0 aliphatic heterocycles. The monoisotopic (exact) mass is 336 g/mol. The molecule has 1 aromatic rings. The molecule has 2 nitrogen and oxygen atoms in total. The van der Waals surface area contributed by atoms with Gasteiger partial charge in [-0.25, -0.2) is 4.79 Å². The van der Waals surface area contributed by atoms with Crippen LogP contribution in [0, 0.1) is 0 Å². The number of alkyl halides is 6. The lowest BCUT2D eigenvalue weighted by Gasteiger charge is -2.16. The lowest BCUT2D eigenvalue weighted by atomic mass is 10.0. The Labute approximate surface area is 104 Å². The van der Waals surface area contributed by atoms with Gasteiger partial charge in [0.15, 0.2) is 0 Å². The summed E-state index contributed by atoms with van der Waals surface area (Å²) in [6, 6.07) is 0.0571. The van der Waals surface area contributed by atoms with E-state index in [1.54, 1.807) is 0 Å². The van der Waals surface area contributed by atoms with Crippen molar-refractivity contribution in [1.29, 1.82) is 0 Å². The molecule has 0 atom stereocenters. The first-order chi connectivity index (χ1) is 7.94. The molecule has 0 heterocycles. The Morgan fingerprint density at radius 3 is 1.72 bits per heavy atom. The first-order valence-electron chi connectivity index (χ1n) is 4.16. The summed E-state index contributed by atoms with van der Waals surface area (Å²) in [6.45, 7) is 0. The van der Waals surface area contributed by atoms with Gasteiger partial charge < -0.3 is 5.11 Å². The second-order valence-corrected chi connectivity index (χ2v) is 4.03. The maximum atomic E-state index is 12.4. The third-order valence-electron chi connectivity index (χ3n) is 1.95. The Balaban J connectivity index is 3.64. The normalized spacial score (nSPS) is 12.6. The van der Waals surface area contributed by atoms with Crippen LogP contribution < -0.4 is 0 Å². The number of carbonyl (C=O) groups is 1. The van der Waals surface area contributed by atoms with Gasteiger partial charge in [-0.05, 0) is 28.1 Å². The Hall–Kier alpha value is -1.25. The van der Waals surface area contributed by atoms with Crippen molar-refractivity contribution < 1.29 is 36.2 Å². The van der Waals surface area contributed by atoms with Crippen molar-refractivity contribution in [2.24, 2.45) is 0 Å². The number of aromatic carboxylic acids is 1. The van der Waals surface area contributed by atoms with Crippen molar-refractivity contribution in [3.8, 4) is 0 Å². The van der Waals surface area contributed by atoms with E-state index in [1.165, 1.54) is 0 Å². The molecule has 9 heteroatoms. The van der Waals surface area contributed by atoms with Gasteiger partial charge in [0.1, 0.15) is 0 Å². The van der Waals surface area contributed by atoms with Crippen LogP contribution in [0.4, 0.5) is 26.3 Å². The Kier molecular flexibility index (Phi) is 3.66. The van der Waals surface area contributed by atoms with Crippen LogP contribution in [0.3, 0.4) is 0 Å². The van der Waals surface area contributed by atoms with Crippen LogP contribution >= 0.6 is 15.9 Å². The highest BCUT2D eigenvalue weighted by Crippen LogP contribution is 2.42. The zero-order chi connectivity index (χ0) is 14.3. The largest absolute Gasteiger partial charge is 0.478 e. The minimum Gasteiger partial charge on any atom is -0.478 e. The summed E-state index contributed by atoms with van der Waals surface area (Å²) in [4.78, 5) is 10.6. The van der Waals surface area contributed by atoms with Gasteiger partial charge in [0.25, 0.3) is 0 Å². The highest BCUT2D eigenvalue weighted by molar-refractivity contribution is 9.10. The molecule has 0 fully saturated rings. The lowest BCUT2D eigenvalue weighted by Crippen LogP contribution is -2.18. The fourth-order valence-corrected chi connectivity index (χ4v) is 1.72. The van der Waals surface area contributed by atoms with Gasteiger partial charge in [0.05, 0.1) is 16.7 Å². The zero-order valence-electron chi connectivity index (χ0n) is 8.16. The van der Waals surface area contributed by atoms with E-state index in [0.29, 0.717) is 0 Å². The third-order valence-corrected chi connectivity index (χ3v) is 2.60. The maximum absolute atomic E-state index is 12.4. The second kappa shape index (κ2) is 4.45. The van der Waals surface area contributed by atoms with E-state index in [1.807, 2.05) is 0 Å². The van der Waals surface area contributed by atoms with Gasteiger partial charge in [-0.2, -0.15) is 26.3 Å². The number of carboxylic acid groups (broad SMARTS) is 1. The molecule has 1 aromatic carbocycles. The number of hydrogen-bond acceptors (Lipinski definition) is 1. The number of halogens is 7. The van der Waals surface area contributed by atoms with Crippen molar-refractivity contribution in [3.05, 3.63) is 33.3 Å². The molecule has 1 N–H and O–H groups in total. The van der Waals surface area contributed by atoms with Gasteiger partial charge in [-0.15, -0.1) is 0 Å². The maximum Gasteiger partial charge on any atom is 0.417 e. The summed E-state index contributed by atoms with van der Waals surface area (Å²) in [7, 11) is 0. The molecule has 18 heavy (non-hydrogen) atoms. The molecular weight excluding hydrogens is 334 g/mol. The molecular formula is C9H3BrF6O2. The predicted molar refractivity (Wildman–Crippen MR) is 51.1 cm³/mol. The first kappa shape index (κ1) is 14.8. The number of benzene rings is 1. The smallest absolute Gasteiger partial charge is 0.417 e. The molecule has 100 valence electrons. The summed E-state index contributed by atoms with van der Waals surface area (Å²) >= 11 is 2.49. The van der Waals surface area contributed by atoms with E-state index in [0.717, 1.165) is 0 Å². The zero-order valence-corrected chi connectivity index (χ0v) is 9.74. The highest BCUT2D eigenvalue weighted by atomic mass is 79.9. The highest BCUT2D eigenvalue weighted by Gasteiger charge is 2.44. The van der Waals surface area contributed by atoms with Gasteiger partial charge in [-0.1, -0.05) is 0 Å². The topological polar surface area (TPSA) is 37.3 Å². The molecule has 0 amide bonds. The lowest BCUT2D eigenvalue weighted by molar-refractivity contribution is -0.162. The van der Waals surface area contributed by atoms with Crippen LogP contribution in [0.15, 0.2) is 16.6 Å². The Bertz CT molecular complexity index is 491. The van der Waals surface area contributed by atoms with E-state index in [2.05, 4.69) is 15.9 Å². The van der Waals surface area contributed by atoms with Crippen LogP contribution in [0.1, 0.15) is 21.5 Å². The van der Waals surface area contributed by atoms with Gasteiger partial charge in [0.2, 0.25) is 0 Å². The number of hydrogen-bond donors (Lipinski definition) is 1. The summed E-state index contributed by atoms with van der Waals surface area (Å²) < 4.78 is 74.0. The van der Waals surface area contributed by atoms with Crippen molar-refractivity contribution in [2.45, 2.75) is 12.4 Å². The fraction of sp³-hybridized carbons (Fsp3) is 0.222.